The van der Waals surface area contributed by atoms with E-state index in [4.69, 9.17) is 4.74 Å². The summed E-state index contributed by atoms with van der Waals surface area (Å²) in [6, 6.07) is 7.73. The molecule has 29 heavy (non-hydrogen) atoms. The molecule has 0 radical (unpaired) electrons. The third-order valence-electron chi connectivity index (χ3n) is 5.00. The Kier molecular flexibility index (Phi) is 5.28. The van der Waals surface area contributed by atoms with Gasteiger partial charge in [-0.25, -0.2) is 4.68 Å². The Labute approximate surface area is 169 Å². The lowest BCUT2D eigenvalue weighted by Gasteiger charge is -2.32. The van der Waals surface area contributed by atoms with Crippen LogP contribution in [-0.2, 0) is 7.05 Å². The van der Waals surface area contributed by atoms with Gasteiger partial charge < -0.3 is 15.0 Å². The van der Waals surface area contributed by atoms with E-state index >= 15 is 0 Å². The smallest absolute Gasteiger partial charge is 0.253 e. The number of pyridine rings is 1. The number of amides is 1. The number of carbonyl (C=O) groups is 1. The lowest BCUT2D eigenvalue weighted by atomic mass is 10.0. The molecule has 0 aliphatic carbocycles. The third kappa shape index (κ3) is 4.28. The highest BCUT2D eigenvalue weighted by Gasteiger charge is 2.24. The van der Waals surface area contributed by atoms with Gasteiger partial charge in [-0.3, -0.25) is 9.78 Å². The largest absolute Gasteiger partial charge is 0.491 e. The molecule has 1 aliphatic heterocycles. The van der Waals surface area contributed by atoms with Crippen molar-refractivity contribution < 1.29 is 9.53 Å². The van der Waals surface area contributed by atoms with E-state index in [1.165, 1.54) is 0 Å². The molecule has 9 heteroatoms. The van der Waals surface area contributed by atoms with Crippen molar-refractivity contribution in [1.29, 1.82) is 0 Å². The number of ether oxygens (including phenoxy) is 1. The fourth-order valence-electron chi connectivity index (χ4n) is 3.56. The molecule has 1 fully saturated rings. The van der Waals surface area contributed by atoms with Crippen molar-refractivity contribution in [3.63, 3.8) is 0 Å². The first-order valence-corrected chi connectivity index (χ1v) is 9.84. The number of hydrogen-bond donors (Lipinski definition) is 1. The normalized spacial score (nSPS) is 15.1. The molecule has 1 aromatic carbocycles. The first kappa shape index (κ1) is 19.1. The Morgan fingerprint density at radius 2 is 2.03 bits per heavy atom. The molecule has 1 amide bonds. The Morgan fingerprint density at radius 3 is 2.72 bits per heavy atom. The molecule has 3 aromatic rings. The topological polar surface area (TPSA) is 98.1 Å². The number of piperidine rings is 1. The maximum absolute atomic E-state index is 12.7. The molecule has 2 aromatic heterocycles. The summed E-state index contributed by atoms with van der Waals surface area (Å²) >= 11 is 0. The number of fused-ring (bicyclic) bond motifs is 1. The summed E-state index contributed by atoms with van der Waals surface area (Å²) in [4.78, 5) is 19.3. The standard InChI is InChI=1S/C20H25N7O2/c1-13(2)29-17-5-4-14-10-15(12-21-18(14)11-17)19(28)22-16-6-8-27(9-7-16)20-23-24-25-26(20)3/h4-5,10-13,16H,6-9H2,1-3H3,(H,22,28). The average molecular weight is 395 g/mol. The van der Waals surface area contributed by atoms with E-state index in [-0.39, 0.29) is 18.1 Å². The minimum atomic E-state index is -0.0966. The van der Waals surface area contributed by atoms with Crippen LogP contribution >= 0.6 is 0 Å². The van der Waals surface area contributed by atoms with E-state index in [1.54, 1.807) is 10.9 Å². The number of aryl methyl sites for hydroxylation is 1. The van der Waals surface area contributed by atoms with Gasteiger partial charge in [-0.2, -0.15) is 0 Å². The van der Waals surface area contributed by atoms with Crippen molar-refractivity contribution in [1.82, 2.24) is 30.5 Å². The zero-order valence-corrected chi connectivity index (χ0v) is 16.9. The van der Waals surface area contributed by atoms with Gasteiger partial charge in [0.2, 0.25) is 5.95 Å². The van der Waals surface area contributed by atoms with Crippen LogP contribution in [0.15, 0.2) is 30.5 Å². The Balaban J connectivity index is 1.38. The third-order valence-corrected chi connectivity index (χ3v) is 5.00. The maximum Gasteiger partial charge on any atom is 0.253 e. The minimum absolute atomic E-state index is 0.0966. The molecule has 0 unspecified atom stereocenters. The van der Waals surface area contributed by atoms with E-state index < -0.39 is 0 Å². The van der Waals surface area contributed by atoms with Crippen LogP contribution < -0.4 is 15.0 Å². The summed E-state index contributed by atoms with van der Waals surface area (Å²) in [6.45, 7) is 5.57. The second-order valence-electron chi connectivity index (χ2n) is 7.58. The van der Waals surface area contributed by atoms with Crippen LogP contribution in [0, 0.1) is 0 Å². The van der Waals surface area contributed by atoms with E-state index in [2.05, 4.69) is 30.7 Å². The quantitative estimate of drug-likeness (QED) is 0.705. The SMILES string of the molecule is CC(C)Oc1ccc2cc(C(=O)NC3CCN(c4nnnn4C)CC3)cnc2c1. The Morgan fingerprint density at radius 1 is 1.24 bits per heavy atom. The zero-order valence-electron chi connectivity index (χ0n) is 16.9. The van der Waals surface area contributed by atoms with Crippen LogP contribution in [0.5, 0.6) is 5.75 Å². The summed E-state index contributed by atoms with van der Waals surface area (Å²) < 4.78 is 7.37. The van der Waals surface area contributed by atoms with Gasteiger partial charge in [0.15, 0.2) is 0 Å². The second-order valence-corrected chi connectivity index (χ2v) is 7.58. The molecule has 152 valence electrons. The highest BCUT2D eigenvalue weighted by atomic mass is 16.5. The first-order valence-electron chi connectivity index (χ1n) is 9.84. The number of carbonyl (C=O) groups excluding carboxylic acids is 1. The summed E-state index contributed by atoms with van der Waals surface area (Å²) in [7, 11) is 1.83. The van der Waals surface area contributed by atoms with Gasteiger partial charge in [-0.05, 0) is 55.3 Å². The fourth-order valence-corrected chi connectivity index (χ4v) is 3.56. The zero-order chi connectivity index (χ0) is 20.4. The average Bonchev–Trinajstić information content (AvgIpc) is 3.13. The van der Waals surface area contributed by atoms with Crippen molar-refractivity contribution in [3.8, 4) is 5.75 Å². The molecular weight excluding hydrogens is 370 g/mol. The van der Waals surface area contributed by atoms with Gasteiger partial charge in [-0.1, -0.05) is 5.10 Å². The summed E-state index contributed by atoms with van der Waals surface area (Å²) in [6.07, 6.45) is 3.41. The second kappa shape index (κ2) is 8.02. The number of hydrogen-bond acceptors (Lipinski definition) is 7. The number of anilines is 1. The van der Waals surface area contributed by atoms with Gasteiger partial charge in [0.05, 0.1) is 17.2 Å². The van der Waals surface area contributed by atoms with E-state index in [0.29, 0.717) is 5.56 Å². The van der Waals surface area contributed by atoms with E-state index in [9.17, 15) is 4.79 Å². The molecular formula is C20H25N7O2. The molecule has 0 atom stereocenters. The van der Waals surface area contributed by atoms with Crippen molar-refractivity contribution in [3.05, 3.63) is 36.0 Å². The van der Waals surface area contributed by atoms with Gasteiger partial charge in [0.25, 0.3) is 5.91 Å². The summed E-state index contributed by atoms with van der Waals surface area (Å²) in [5.74, 6) is 1.44. The highest BCUT2D eigenvalue weighted by molar-refractivity contribution is 5.97. The van der Waals surface area contributed by atoms with Crippen molar-refractivity contribution in [2.45, 2.75) is 38.8 Å². The summed E-state index contributed by atoms with van der Waals surface area (Å²) in [5, 5.41) is 15.6. The predicted molar refractivity (Wildman–Crippen MR) is 109 cm³/mol. The molecule has 0 spiro atoms. The number of benzene rings is 1. The maximum atomic E-state index is 12.7. The fraction of sp³-hybridized carbons (Fsp3) is 0.450. The van der Waals surface area contributed by atoms with Gasteiger partial charge >= 0.3 is 0 Å². The molecule has 0 saturated carbocycles. The molecule has 1 saturated heterocycles. The van der Waals surface area contributed by atoms with Crippen molar-refractivity contribution in [2.24, 2.45) is 7.05 Å². The molecule has 9 nitrogen and oxygen atoms in total. The van der Waals surface area contributed by atoms with Crippen LogP contribution in [0.3, 0.4) is 0 Å². The van der Waals surface area contributed by atoms with Gasteiger partial charge in [0.1, 0.15) is 5.75 Å². The van der Waals surface area contributed by atoms with Crippen molar-refractivity contribution >= 4 is 22.8 Å². The number of tetrazole rings is 1. The van der Waals surface area contributed by atoms with E-state index in [1.807, 2.05) is 45.2 Å². The number of nitrogens with zero attached hydrogens (tertiary/aromatic N) is 6. The molecule has 1 N–H and O–H groups in total. The van der Waals surface area contributed by atoms with Crippen LogP contribution in [0.4, 0.5) is 5.95 Å². The predicted octanol–water partition coefficient (Wildman–Crippen LogP) is 1.94. The minimum Gasteiger partial charge on any atom is -0.491 e. The lowest BCUT2D eigenvalue weighted by Crippen LogP contribution is -2.45. The summed E-state index contributed by atoms with van der Waals surface area (Å²) in [5.41, 5.74) is 1.38. The molecule has 0 bridgehead atoms. The number of rotatable bonds is 5. The Hall–Kier alpha value is -3.23. The van der Waals surface area contributed by atoms with Crippen molar-refractivity contribution in [2.75, 3.05) is 18.0 Å². The lowest BCUT2D eigenvalue weighted by molar-refractivity contribution is 0.0931. The molecule has 1 aliphatic rings. The Bertz CT molecular complexity index is 1010. The van der Waals surface area contributed by atoms with Gasteiger partial charge in [-0.15, -0.1) is 0 Å². The monoisotopic (exact) mass is 395 g/mol. The van der Waals surface area contributed by atoms with Gasteiger partial charge in [0, 0.05) is 43.8 Å². The molecule has 3 heterocycles. The van der Waals surface area contributed by atoms with Crippen LogP contribution in [0.25, 0.3) is 10.9 Å². The number of aromatic nitrogens is 5. The number of nitrogens with one attached hydrogen (secondary N) is 1. The van der Waals surface area contributed by atoms with Crippen LogP contribution in [0.1, 0.15) is 37.0 Å². The first-order chi connectivity index (χ1) is 14.0. The van der Waals surface area contributed by atoms with E-state index in [0.717, 1.165) is 48.5 Å². The highest BCUT2D eigenvalue weighted by Crippen LogP contribution is 2.22. The van der Waals surface area contributed by atoms with Crippen LogP contribution in [-0.4, -0.2) is 56.3 Å². The molecule has 4 rings (SSSR count). The van der Waals surface area contributed by atoms with Crippen LogP contribution in [0.2, 0.25) is 0 Å².